The van der Waals surface area contributed by atoms with Crippen molar-refractivity contribution in [3.8, 4) is 0 Å². The number of rotatable bonds is 1. The predicted molar refractivity (Wildman–Crippen MR) is 57.4 cm³/mol. The van der Waals surface area contributed by atoms with Crippen LogP contribution in [0.2, 0.25) is 0 Å². The van der Waals surface area contributed by atoms with Gasteiger partial charge in [0.25, 0.3) is 0 Å². The Bertz CT molecular complexity index is 331. The molecule has 1 saturated heterocycles. The molecule has 0 amide bonds. The Morgan fingerprint density at radius 2 is 1.93 bits per heavy atom. The summed E-state index contributed by atoms with van der Waals surface area (Å²) in [6, 6.07) is 0. The maximum atomic E-state index is 11.5. The fraction of sp³-hybridized carbons (Fsp3) is 0.615. The van der Waals surface area contributed by atoms with Gasteiger partial charge in [0.15, 0.2) is 0 Å². The Hall–Kier alpha value is -0.890. The van der Waals surface area contributed by atoms with Crippen LogP contribution < -0.4 is 0 Å². The van der Waals surface area contributed by atoms with Gasteiger partial charge in [-0.25, -0.2) is 0 Å². The van der Waals surface area contributed by atoms with Crippen molar-refractivity contribution >= 4 is 6.29 Å². The molecule has 1 aliphatic heterocycles. The summed E-state index contributed by atoms with van der Waals surface area (Å²) in [5.41, 5.74) is -0.218. The first kappa shape index (κ1) is 9.34. The van der Waals surface area contributed by atoms with E-state index in [1.54, 1.807) is 0 Å². The zero-order valence-corrected chi connectivity index (χ0v) is 8.76. The first-order chi connectivity index (χ1) is 7.37. The van der Waals surface area contributed by atoms with E-state index in [1.165, 1.54) is 6.29 Å². The maximum Gasteiger partial charge on any atom is 0.129 e. The minimum absolute atomic E-state index is 0.134. The molecular weight excluding hydrogens is 188 g/mol. The summed E-state index contributed by atoms with van der Waals surface area (Å²) in [5.74, 6) is 0.412. The van der Waals surface area contributed by atoms with Crippen LogP contribution in [0.1, 0.15) is 25.7 Å². The summed E-state index contributed by atoms with van der Waals surface area (Å²) in [5, 5.41) is 0. The van der Waals surface area contributed by atoms with Gasteiger partial charge in [0, 0.05) is 5.92 Å². The minimum atomic E-state index is -0.218. The summed E-state index contributed by atoms with van der Waals surface area (Å²) < 4.78 is 6.03. The third kappa shape index (κ3) is 1.18. The van der Waals surface area contributed by atoms with E-state index >= 15 is 0 Å². The second-order valence-electron chi connectivity index (χ2n) is 4.85. The van der Waals surface area contributed by atoms with Crippen molar-refractivity contribution in [2.24, 2.45) is 11.3 Å². The molecule has 4 unspecified atom stereocenters. The predicted octanol–water partition coefficient (Wildman–Crippen LogP) is 2.26. The molecule has 15 heavy (non-hydrogen) atoms. The van der Waals surface area contributed by atoms with Crippen molar-refractivity contribution in [1.82, 2.24) is 0 Å². The molecule has 0 aromatic carbocycles. The Labute approximate surface area is 90.0 Å². The van der Waals surface area contributed by atoms with E-state index in [4.69, 9.17) is 4.74 Å². The number of carbonyl (C=O) groups excluding carboxylic acids is 1. The third-order valence-corrected chi connectivity index (χ3v) is 4.21. The largest absolute Gasteiger partial charge is 0.373 e. The van der Waals surface area contributed by atoms with Gasteiger partial charge < -0.3 is 9.53 Å². The van der Waals surface area contributed by atoms with Crippen molar-refractivity contribution in [3.05, 3.63) is 24.3 Å². The molecule has 4 atom stereocenters. The number of fused-ring (bicyclic) bond motifs is 3. The third-order valence-electron chi connectivity index (χ3n) is 4.21. The van der Waals surface area contributed by atoms with Crippen LogP contribution in [-0.2, 0) is 9.53 Å². The van der Waals surface area contributed by atoms with Crippen molar-refractivity contribution < 1.29 is 9.53 Å². The van der Waals surface area contributed by atoms with Gasteiger partial charge in [-0.15, -0.1) is 0 Å². The molecule has 1 fully saturated rings. The normalized spacial score (nSPS) is 47.3. The van der Waals surface area contributed by atoms with Gasteiger partial charge in [0.1, 0.15) is 6.29 Å². The van der Waals surface area contributed by atoms with Gasteiger partial charge in [-0.1, -0.05) is 24.3 Å². The molecule has 0 aromatic rings. The fourth-order valence-electron chi connectivity index (χ4n) is 3.36. The van der Waals surface area contributed by atoms with E-state index in [0.29, 0.717) is 5.92 Å². The molecule has 0 spiro atoms. The highest BCUT2D eigenvalue weighted by molar-refractivity contribution is 5.63. The van der Waals surface area contributed by atoms with Crippen molar-refractivity contribution in [2.45, 2.75) is 37.9 Å². The van der Waals surface area contributed by atoms with Crippen molar-refractivity contribution in [1.29, 1.82) is 0 Å². The average molecular weight is 204 g/mol. The van der Waals surface area contributed by atoms with E-state index in [1.807, 2.05) is 0 Å². The highest BCUT2D eigenvalue weighted by atomic mass is 16.5. The molecule has 1 heterocycles. The van der Waals surface area contributed by atoms with Gasteiger partial charge in [-0.05, 0) is 25.7 Å². The molecular formula is C13H16O2. The maximum absolute atomic E-state index is 11.5. The quantitative estimate of drug-likeness (QED) is 0.483. The second-order valence-corrected chi connectivity index (χ2v) is 4.85. The van der Waals surface area contributed by atoms with Crippen LogP contribution in [0, 0.1) is 11.3 Å². The van der Waals surface area contributed by atoms with Crippen LogP contribution in [-0.4, -0.2) is 18.5 Å². The van der Waals surface area contributed by atoms with Crippen LogP contribution in [0.15, 0.2) is 24.3 Å². The number of allylic oxidation sites excluding steroid dienone is 2. The highest BCUT2D eigenvalue weighted by Gasteiger charge is 2.55. The lowest BCUT2D eigenvalue weighted by molar-refractivity contribution is -0.121. The van der Waals surface area contributed by atoms with E-state index < -0.39 is 0 Å². The van der Waals surface area contributed by atoms with Gasteiger partial charge in [0.05, 0.1) is 17.6 Å². The summed E-state index contributed by atoms with van der Waals surface area (Å²) in [4.78, 5) is 11.5. The molecule has 0 N–H and O–H groups in total. The van der Waals surface area contributed by atoms with E-state index in [-0.39, 0.29) is 17.6 Å². The number of carbonyl (C=O) groups is 1. The Balaban J connectivity index is 1.98. The Morgan fingerprint density at radius 1 is 1.13 bits per heavy atom. The molecule has 2 aliphatic carbocycles. The average Bonchev–Trinajstić information content (AvgIpc) is 2.64. The summed E-state index contributed by atoms with van der Waals surface area (Å²) in [6.45, 7) is 0. The lowest BCUT2D eigenvalue weighted by Gasteiger charge is -2.35. The molecule has 2 nitrogen and oxygen atoms in total. The van der Waals surface area contributed by atoms with Crippen LogP contribution in [0.3, 0.4) is 0 Å². The topological polar surface area (TPSA) is 26.3 Å². The van der Waals surface area contributed by atoms with Gasteiger partial charge in [-0.3, -0.25) is 0 Å². The van der Waals surface area contributed by atoms with Crippen molar-refractivity contribution in [2.75, 3.05) is 0 Å². The first-order valence-electron chi connectivity index (χ1n) is 5.78. The standard InChI is InChI=1S/C13H16O2/c14-9-13-8-4-3-7-12(13)15-11-6-2-1-5-10(11)13/h1-4,9-12H,5-8H2. The SMILES string of the molecule is O=CC12CC=CCC1OC1CC=CCC12. The monoisotopic (exact) mass is 204 g/mol. The minimum Gasteiger partial charge on any atom is -0.373 e. The highest BCUT2D eigenvalue weighted by Crippen LogP contribution is 2.52. The summed E-state index contributed by atoms with van der Waals surface area (Å²) in [6.07, 6.45) is 14.0. The molecule has 0 aromatic heterocycles. The van der Waals surface area contributed by atoms with Gasteiger partial charge >= 0.3 is 0 Å². The Morgan fingerprint density at radius 3 is 2.80 bits per heavy atom. The second kappa shape index (κ2) is 3.31. The molecule has 0 saturated carbocycles. The zero-order chi connectivity index (χ0) is 10.3. The van der Waals surface area contributed by atoms with Gasteiger partial charge in [-0.2, -0.15) is 0 Å². The van der Waals surface area contributed by atoms with Crippen LogP contribution >= 0.6 is 0 Å². The van der Waals surface area contributed by atoms with E-state index in [0.717, 1.165) is 25.7 Å². The molecule has 0 bridgehead atoms. The van der Waals surface area contributed by atoms with Crippen LogP contribution in [0.4, 0.5) is 0 Å². The van der Waals surface area contributed by atoms with Gasteiger partial charge in [0.2, 0.25) is 0 Å². The lowest BCUT2D eigenvalue weighted by atomic mass is 9.65. The number of hydrogen-bond acceptors (Lipinski definition) is 2. The molecule has 3 rings (SSSR count). The summed E-state index contributed by atoms with van der Waals surface area (Å²) in [7, 11) is 0. The number of aldehydes is 1. The summed E-state index contributed by atoms with van der Waals surface area (Å²) >= 11 is 0. The Kier molecular flexibility index (Phi) is 2.06. The van der Waals surface area contributed by atoms with E-state index in [2.05, 4.69) is 24.3 Å². The van der Waals surface area contributed by atoms with Crippen molar-refractivity contribution in [3.63, 3.8) is 0 Å². The smallest absolute Gasteiger partial charge is 0.129 e. The fourth-order valence-corrected chi connectivity index (χ4v) is 3.36. The number of ether oxygens (including phenoxy) is 1. The lowest BCUT2D eigenvalue weighted by Crippen LogP contribution is -2.40. The number of hydrogen-bond donors (Lipinski definition) is 0. The zero-order valence-electron chi connectivity index (χ0n) is 8.76. The van der Waals surface area contributed by atoms with E-state index in [9.17, 15) is 4.79 Å². The first-order valence-corrected chi connectivity index (χ1v) is 5.78. The molecule has 2 heteroatoms. The van der Waals surface area contributed by atoms with Crippen LogP contribution in [0.5, 0.6) is 0 Å². The van der Waals surface area contributed by atoms with Crippen LogP contribution in [0.25, 0.3) is 0 Å². The molecule has 80 valence electrons. The molecule has 0 radical (unpaired) electrons. The molecule has 3 aliphatic rings.